The first-order valence-electron chi connectivity index (χ1n) is 2.59. The zero-order valence-corrected chi connectivity index (χ0v) is 5.13. The standard InChI is InChI=1S/C4H3F3N4/c5-4(6,7)11-2-9-10-3(11)1-8/h2-3,10H. The van der Waals surface area contributed by atoms with Gasteiger partial charge in [-0.2, -0.15) is 10.4 Å². The Morgan fingerprint density at radius 2 is 2.27 bits per heavy atom. The lowest BCUT2D eigenvalue weighted by Crippen LogP contribution is -2.44. The molecule has 0 aliphatic carbocycles. The van der Waals surface area contributed by atoms with Gasteiger partial charge in [0.2, 0.25) is 6.17 Å². The molecule has 7 heteroatoms. The van der Waals surface area contributed by atoms with Crippen LogP contribution in [0.15, 0.2) is 5.10 Å². The lowest BCUT2D eigenvalue weighted by atomic mass is 10.5. The number of rotatable bonds is 0. The highest BCUT2D eigenvalue weighted by Gasteiger charge is 2.42. The highest BCUT2D eigenvalue weighted by molar-refractivity contribution is 5.58. The van der Waals surface area contributed by atoms with Crippen molar-refractivity contribution in [3.63, 3.8) is 0 Å². The Balaban J connectivity index is 2.73. The Labute approximate surface area is 59.9 Å². The molecule has 0 aromatic rings. The Hall–Kier alpha value is -1.45. The van der Waals surface area contributed by atoms with E-state index in [1.807, 2.05) is 5.43 Å². The van der Waals surface area contributed by atoms with Crippen molar-refractivity contribution in [3.8, 4) is 6.07 Å². The van der Waals surface area contributed by atoms with Gasteiger partial charge in [-0.1, -0.05) is 0 Å². The third kappa shape index (κ3) is 1.34. The molecule has 60 valence electrons. The summed E-state index contributed by atoms with van der Waals surface area (Å²) in [6.07, 6.45) is -5.45. The smallest absolute Gasteiger partial charge is 0.273 e. The van der Waals surface area contributed by atoms with Crippen molar-refractivity contribution in [1.29, 1.82) is 5.26 Å². The fourth-order valence-electron chi connectivity index (χ4n) is 0.598. The van der Waals surface area contributed by atoms with E-state index in [1.165, 1.54) is 6.07 Å². The normalized spacial score (nSPS) is 23.1. The van der Waals surface area contributed by atoms with Crippen LogP contribution in [0.25, 0.3) is 0 Å². The lowest BCUT2D eigenvalue weighted by Gasteiger charge is -2.19. The van der Waals surface area contributed by atoms with Gasteiger partial charge in [-0.05, 0) is 0 Å². The van der Waals surface area contributed by atoms with Crippen LogP contribution in [0.2, 0.25) is 0 Å². The van der Waals surface area contributed by atoms with E-state index in [-0.39, 0.29) is 4.90 Å². The molecule has 0 radical (unpaired) electrons. The van der Waals surface area contributed by atoms with Gasteiger partial charge in [0.25, 0.3) is 0 Å². The molecule has 1 N–H and O–H groups in total. The molecule has 0 fully saturated rings. The van der Waals surface area contributed by atoms with E-state index in [0.29, 0.717) is 6.34 Å². The molecular formula is C4H3F3N4. The molecule has 0 aromatic carbocycles. The largest absolute Gasteiger partial charge is 0.488 e. The van der Waals surface area contributed by atoms with Gasteiger partial charge in [0, 0.05) is 0 Å². The molecule has 1 rings (SSSR count). The summed E-state index contributed by atoms with van der Waals surface area (Å²) in [6, 6.07) is 1.39. The van der Waals surface area contributed by atoms with E-state index in [4.69, 9.17) is 5.26 Å². The fraction of sp³-hybridized carbons (Fsp3) is 0.500. The molecule has 1 aliphatic heterocycles. The van der Waals surface area contributed by atoms with Crippen molar-refractivity contribution in [3.05, 3.63) is 0 Å². The van der Waals surface area contributed by atoms with Crippen molar-refractivity contribution >= 4 is 6.34 Å². The van der Waals surface area contributed by atoms with E-state index in [2.05, 4.69) is 5.10 Å². The number of nitriles is 1. The Kier molecular flexibility index (Phi) is 1.60. The van der Waals surface area contributed by atoms with E-state index in [1.54, 1.807) is 0 Å². The summed E-state index contributed by atoms with van der Waals surface area (Å²) in [5, 5.41) is 11.3. The summed E-state index contributed by atoms with van der Waals surface area (Å²) in [7, 11) is 0. The second kappa shape index (κ2) is 2.30. The number of hydrogen-bond acceptors (Lipinski definition) is 4. The molecule has 11 heavy (non-hydrogen) atoms. The van der Waals surface area contributed by atoms with Crippen LogP contribution < -0.4 is 5.43 Å². The third-order valence-corrected chi connectivity index (χ3v) is 1.07. The Morgan fingerprint density at radius 1 is 1.64 bits per heavy atom. The zero-order chi connectivity index (χ0) is 8.48. The summed E-state index contributed by atoms with van der Waals surface area (Å²) >= 11 is 0. The summed E-state index contributed by atoms with van der Waals surface area (Å²) < 4.78 is 35.5. The predicted octanol–water partition coefficient (Wildman–Crippen LogP) is 0.204. The van der Waals surface area contributed by atoms with Crippen molar-refractivity contribution in [1.82, 2.24) is 10.3 Å². The van der Waals surface area contributed by atoms with Gasteiger partial charge in [0.1, 0.15) is 12.4 Å². The second-order valence-corrected chi connectivity index (χ2v) is 1.78. The van der Waals surface area contributed by atoms with Crippen molar-refractivity contribution in [2.45, 2.75) is 12.5 Å². The van der Waals surface area contributed by atoms with Crippen molar-refractivity contribution in [2.75, 3.05) is 0 Å². The molecule has 0 aromatic heterocycles. The summed E-state index contributed by atoms with van der Waals surface area (Å²) in [4.78, 5) is -0.118. The number of halogens is 3. The number of hydrogen-bond donors (Lipinski definition) is 1. The van der Waals surface area contributed by atoms with Crippen molar-refractivity contribution < 1.29 is 13.2 Å². The molecule has 1 unspecified atom stereocenters. The van der Waals surface area contributed by atoms with Gasteiger partial charge in [-0.3, -0.25) is 5.43 Å². The topological polar surface area (TPSA) is 51.4 Å². The molecule has 0 spiro atoms. The predicted molar refractivity (Wildman–Crippen MR) is 28.9 cm³/mol. The minimum atomic E-state index is -4.55. The lowest BCUT2D eigenvalue weighted by molar-refractivity contribution is -0.221. The fourth-order valence-corrected chi connectivity index (χ4v) is 0.598. The average molecular weight is 164 g/mol. The van der Waals surface area contributed by atoms with Crippen molar-refractivity contribution in [2.24, 2.45) is 5.10 Å². The molecule has 4 nitrogen and oxygen atoms in total. The van der Waals surface area contributed by atoms with E-state index in [9.17, 15) is 13.2 Å². The first-order valence-corrected chi connectivity index (χ1v) is 2.59. The summed E-state index contributed by atoms with van der Waals surface area (Å²) in [6.45, 7) is 0. The minimum absolute atomic E-state index is 0.118. The number of hydrazone groups is 1. The highest BCUT2D eigenvalue weighted by atomic mass is 19.4. The van der Waals surface area contributed by atoms with Gasteiger partial charge in [-0.15, -0.1) is 13.2 Å². The van der Waals surface area contributed by atoms with Crippen LogP contribution in [0, 0.1) is 11.3 Å². The molecule has 0 bridgehead atoms. The highest BCUT2D eigenvalue weighted by Crippen LogP contribution is 2.22. The zero-order valence-electron chi connectivity index (χ0n) is 5.13. The maximum atomic E-state index is 11.8. The van der Waals surface area contributed by atoms with Crippen LogP contribution in [0.3, 0.4) is 0 Å². The molecule has 0 saturated heterocycles. The quantitative estimate of drug-likeness (QED) is 0.520. The van der Waals surface area contributed by atoms with Crippen LogP contribution in [0.4, 0.5) is 13.2 Å². The van der Waals surface area contributed by atoms with Gasteiger partial charge in [0.15, 0.2) is 0 Å². The van der Waals surface area contributed by atoms with Crippen LogP contribution in [0.5, 0.6) is 0 Å². The maximum absolute atomic E-state index is 11.8. The monoisotopic (exact) mass is 164 g/mol. The summed E-state index contributed by atoms with van der Waals surface area (Å²) in [5.41, 5.74) is 1.98. The molecule has 0 amide bonds. The van der Waals surface area contributed by atoms with Gasteiger partial charge >= 0.3 is 6.30 Å². The third-order valence-electron chi connectivity index (χ3n) is 1.07. The Morgan fingerprint density at radius 3 is 2.64 bits per heavy atom. The van der Waals surface area contributed by atoms with Crippen LogP contribution in [0.1, 0.15) is 0 Å². The van der Waals surface area contributed by atoms with Crippen LogP contribution in [-0.4, -0.2) is 23.7 Å². The molecule has 1 aliphatic rings. The van der Waals surface area contributed by atoms with Gasteiger partial charge in [-0.25, -0.2) is 4.90 Å². The molecular weight excluding hydrogens is 161 g/mol. The number of nitrogens with one attached hydrogen (secondary N) is 1. The first kappa shape index (κ1) is 7.65. The Bertz CT molecular complexity index is 214. The molecule has 1 heterocycles. The second-order valence-electron chi connectivity index (χ2n) is 1.78. The number of nitrogens with zero attached hydrogens (tertiary/aromatic N) is 3. The summed E-state index contributed by atoms with van der Waals surface area (Å²) in [5.74, 6) is 0. The number of alkyl halides is 3. The first-order chi connectivity index (χ1) is 5.05. The van der Waals surface area contributed by atoms with E-state index in [0.717, 1.165) is 0 Å². The van der Waals surface area contributed by atoms with Crippen LogP contribution in [-0.2, 0) is 0 Å². The SMILES string of the molecule is N#CC1NN=CN1C(F)(F)F. The maximum Gasteiger partial charge on any atom is 0.488 e. The minimum Gasteiger partial charge on any atom is -0.273 e. The van der Waals surface area contributed by atoms with Gasteiger partial charge in [0.05, 0.1) is 0 Å². The van der Waals surface area contributed by atoms with E-state index < -0.39 is 12.5 Å². The van der Waals surface area contributed by atoms with Gasteiger partial charge < -0.3 is 0 Å². The molecule has 1 atom stereocenters. The average Bonchev–Trinajstić information content (AvgIpc) is 2.31. The van der Waals surface area contributed by atoms with E-state index >= 15 is 0 Å². The molecule has 0 saturated carbocycles. The van der Waals surface area contributed by atoms with Crippen LogP contribution >= 0.6 is 0 Å².